The average molecular weight is 1870 g/mol. The van der Waals surface area contributed by atoms with Crippen LogP contribution in [0.25, 0.3) is 55.6 Å². The lowest BCUT2D eigenvalue weighted by atomic mass is 9.80. The van der Waals surface area contributed by atoms with Crippen LogP contribution in [-0.4, -0.2) is 281 Å². The smallest absolute Gasteiger partial charge is 0.344 e. The molecule has 8 aliphatic heterocycles. The predicted molar refractivity (Wildman–Crippen MR) is 412 cm³/mol. The van der Waals surface area contributed by atoms with Crippen molar-refractivity contribution in [2.24, 2.45) is 0 Å². The van der Waals surface area contributed by atoms with Gasteiger partial charge in [0.2, 0.25) is 75.6 Å². The predicted octanol–water partition coefficient (Wildman–Crippen LogP) is 3.37. The molecule has 0 saturated carbocycles. The van der Waals surface area contributed by atoms with E-state index in [1.165, 1.54) is 0 Å². The van der Waals surface area contributed by atoms with Crippen LogP contribution in [0.4, 0.5) is 0 Å². The van der Waals surface area contributed by atoms with Crippen LogP contribution in [0.15, 0.2) is 48.5 Å². The Bertz CT molecular complexity index is 7140. The minimum absolute atomic E-state index is 0.0233. The van der Waals surface area contributed by atoms with E-state index in [1.807, 2.05) is 0 Å². The normalized spacial score (nSPS) is 20.4. The van der Waals surface area contributed by atoms with Gasteiger partial charge in [0.15, 0.2) is 152 Å². The Morgan fingerprint density at radius 2 is 0.537 bits per heavy atom. The van der Waals surface area contributed by atoms with Crippen molar-refractivity contribution in [2.75, 3.05) is 13.2 Å². The third-order valence-corrected chi connectivity index (χ3v) is 22.4. The minimum Gasteiger partial charge on any atom is -0.504 e. The molecule has 1 fully saturated rings. The number of phenols is 29. The van der Waals surface area contributed by atoms with Gasteiger partial charge in [-0.1, -0.05) is 0 Å². The van der Waals surface area contributed by atoms with E-state index in [-0.39, 0.29) is 42.5 Å². The third kappa shape index (κ3) is 12.6. The van der Waals surface area contributed by atoms with Crippen LogP contribution in [0, 0.1) is 0 Å². The van der Waals surface area contributed by atoms with Gasteiger partial charge in [0.1, 0.15) is 31.0 Å². The Labute approximate surface area is 733 Å². The van der Waals surface area contributed by atoms with Crippen LogP contribution in [0.1, 0.15) is 115 Å². The number of hydrogen-bond donors (Lipinski definition) is 30. The van der Waals surface area contributed by atoms with Crippen LogP contribution in [0.5, 0.6) is 178 Å². The third-order valence-electron chi connectivity index (χ3n) is 22.4. The fraction of sp³-hybridized carbons (Fsp3) is 0.146. The topological polar surface area (TPSA) is 888 Å². The number of phenolic OH excluding ortho intramolecular Hbond substituents is 29. The molecule has 10 aromatic rings. The van der Waals surface area contributed by atoms with Gasteiger partial charge in [0, 0.05) is 73.3 Å². The first-order valence-corrected chi connectivity index (χ1v) is 37.3. The van der Waals surface area contributed by atoms with E-state index in [1.54, 1.807) is 0 Å². The summed E-state index contributed by atoms with van der Waals surface area (Å²) in [6, 6.07) is 1.42. The molecule has 692 valence electrons. The maximum absolute atomic E-state index is 16.1. The van der Waals surface area contributed by atoms with E-state index in [4.69, 9.17) is 56.8 Å². The second-order valence-corrected chi connectivity index (χ2v) is 29.8. The fourth-order valence-corrected chi connectivity index (χ4v) is 16.2. The Hall–Kier alpha value is -19.2. The van der Waals surface area contributed by atoms with Gasteiger partial charge in [-0.2, -0.15) is 0 Å². The number of carbonyl (C=O) groups is 10. The first-order valence-electron chi connectivity index (χ1n) is 37.3. The van der Waals surface area contributed by atoms with Crippen LogP contribution >= 0.6 is 0 Å². The minimum atomic E-state index is -3.23. The lowest BCUT2D eigenvalue weighted by Gasteiger charge is -2.44. The lowest BCUT2D eigenvalue weighted by Crippen LogP contribution is -2.63. The molecule has 0 aromatic heterocycles. The summed E-state index contributed by atoms with van der Waals surface area (Å²) in [7, 11) is 0. The Morgan fingerprint density at radius 1 is 0.254 bits per heavy atom. The second-order valence-electron chi connectivity index (χ2n) is 29.8. The molecule has 52 heteroatoms. The van der Waals surface area contributed by atoms with Gasteiger partial charge >= 0.3 is 59.7 Å². The highest BCUT2D eigenvalue weighted by Crippen LogP contribution is 2.65. The van der Waals surface area contributed by atoms with Gasteiger partial charge in [-0.3, -0.25) is 0 Å². The van der Waals surface area contributed by atoms with E-state index in [0.717, 1.165) is 0 Å². The van der Waals surface area contributed by atoms with Crippen molar-refractivity contribution < 1.29 is 258 Å². The summed E-state index contributed by atoms with van der Waals surface area (Å²) in [4.78, 5) is 153. The number of aliphatic hydroxyl groups is 1. The molecule has 0 aliphatic carbocycles. The summed E-state index contributed by atoms with van der Waals surface area (Å²) in [5, 5.41) is 343. The number of cyclic esters (lactones) is 2. The highest BCUT2D eigenvalue weighted by atomic mass is 16.8. The number of benzene rings is 10. The van der Waals surface area contributed by atoms with E-state index in [9.17, 15) is 168 Å². The van der Waals surface area contributed by atoms with Crippen molar-refractivity contribution in [1.29, 1.82) is 0 Å². The van der Waals surface area contributed by atoms with Crippen LogP contribution in [0.2, 0.25) is 0 Å². The van der Waals surface area contributed by atoms with Crippen molar-refractivity contribution in [3.05, 3.63) is 110 Å². The quantitative estimate of drug-likeness (QED) is 0.0682. The Kier molecular flexibility index (Phi) is 19.6. The molecule has 134 heavy (non-hydrogen) atoms. The number of aromatic hydroxyl groups is 29. The average Bonchev–Trinajstić information content (AvgIpc) is 0.749. The van der Waals surface area contributed by atoms with Crippen LogP contribution in [-0.2, 0) is 52.1 Å². The molecule has 10 aromatic carbocycles. The maximum atomic E-state index is 16.1. The largest absolute Gasteiger partial charge is 0.504 e. The molecule has 0 radical (unpaired) electrons. The zero-order valence-electron chi connectivity index (χ0n) is 65.2. The van der Waals surface area contributed by atoms with Gasteiger partial charge in [-0.05, 0) is 36.4 Å². The number of ether oxygens (including phenoxy) is 12. The molecule has 30 N–H and O–H groups in total. The molecule has 0 amide bonds. The molecule has 1 saturated heterocycles. The highest BCUT2D eigenvalue weighted by Gasteiger charge is 2.59. The van der Waals surface area contributed by atoms with E-state index >= 15 is 33.6 Å². The number of hydrogen-bond acceptors (Lipinski definition) is 52. The molecular formula is C82H52O52. The molecule has 0 spiro atoms. The monoisotopic (exact) mass is 1870 g/mol. The Balaban J connectivity index is 0.840. The van der Waals surface area contributed by atoms with E-state index < -0.39 is 429 Å². The number of carbonyl (C=O) groups excluding carboxylic acids is 10. The van der Waals surface area contributed by atoms with E-state index in [0.29, 0.717) is 6.07 Å². The summed E-state index contributed by atoms with van der Waals surface area (Å²) in [6.45, 7) is -3.45. The summed E-state index contributed by atoms with van der Waals surface area (Å²) >= 11 is 0. The molecule has 8 aliphatic rings. The second kappa shape index (κ2) is 30.3. The van der Waals surface area contributed by atoms with Crippen LogP contribution in [0.3, 0.4) is 0 Å². The van der Waals surface area contributed by atoms with Crippen LogP contribution < -0.4 is 4.74 Å². The number of fused-ring (bicyclic) bond motifs is 16. The standard InChI is InChI=1S/C82H52O52/c83-19-1-11-29(50(98)42(19)90)31-13(3-21(85)44(92)52(31)100)75(116)129-67-28(10-124-73(11)114)127-82(71-70(67)131-76(117)14-4-22(86)45(93)53(101)32(14)33-15(77(118)133-71)5-23(87)46(94)54(33)102)134-79(120)18-7-25(89)48(96)64(112)65(18)125-26-8-17-34(56(104)49(26)97)30-12(2-20(84)43(91)51(30)99)72(113)123-9-27-66(128-78(17)119)69-68-61(109)41-40(81(122)130-68)38(59(107)63(111)60(41)108)37-39(80(121)132-69)36(57(105)62(110)58(37)106)35-16(74(115)126-27)6-24(88)47(95)55(35)103/h1-8,27-28,61,66-71,82-112H,9-10H2. The van der Waals surface area contributed by atoms with Gasteiger partial charge in [-0.25, -0.2) is 47.9 Å². The van der Waals surface area contributed by atoms with Gasteiger partial charge < -0.3 is 210 Å². The highest BCUT2D eigenvalue weighted by molar-refractivity contribution is 6.18. The van der Waals surface area contributed by atoms with Gasteiger partial charge in [0.25, 0.3) is 0 Å². The van der Waals surface area contributed by atoms with Crippen molar-refractivity contribution in [1.82, 2.24) is 0 Å². The summed E-state index contributed by atoms with van der Waals surface area (Å²) < 4.78 is 68.9. The van der Waals surface area contributed by atoms with Crippen molar-refractivity contribution in [3.8, 4) is 234 Å². The molecule has 10 atom stereocenters. The molecule has 52 nitrogen and oxygen atoms in total. The first kappa shape index (κ1) is 86.9. The zero-order chi connectivity index (χ0) is 97.1. The van der Waals surface area contributed by atoms with Crippen molar-refractivity contribution in [3.63, 3.8) is 0 Å². The number of esters is 10. The van der Waals surface area contributed by atoms with Gasteiger partial charge in [0.05, 0.1) is 50.1 Å². The fourth-order valence-electron chi connectivity index (χ4n) is 16.2. The summed E-state index contributed by atoms with van der Waals surface area (Å²) in [5.41, 5.74) is -30.5. The van der Waals surface area contributed by atoms with Crippen molar-refractivity contribution >= 4 is 59.7 Å². The summed E-state index contributed by atoms with van der Waals surface area (Å²) in [6.07, 6.45) is -30.0. The molecule has 8 heterocycles. The lowest BCUT2D eigenvalue weighted by molar-refractivity contribution is -0.282. The summed E-state index contributed by atoms with van der Waals surface area (Å²) in [5.74, 6) is -74.3. The van der Waals surface area contributed by atoms with Gasteiger partial charge in [-0.15, -0.1) is 0 Å². The number of aliphatic hydroxyl groups excluding tert-OH is 1. The van der Waals surface area contributed by atoms with Crippen molar-refractivity contribution in [2.45, 2.75) is 61.2 Å². The maximum Gasteiger partial charge on any atom is 0.344 e. The first-order chi connectivity index (χ1) is 63.1. The Morgan fingerprint density at radius 3 is 0.963 bits per heavy atom. The molecule has 18 rings (SSSR count). The molecule has 6 bridgehead atoms. The molecule has 10 unspecified atom stereocenters. The molecular weight excluding hydrogens is 1820 g/mol. The van der Waals surface area contributed by atoms with E-state index in [2.05, 4.69) is 0 Å². The SMILES string of the molecule is O=C(OC1OC2COC(=O)c3cc(O)c(O)c(O)c3-c3c(cc(O)c(O)c3O)C(=O)OC2C2OC(=O)c3cc(O)c(O)c(O)c3-c3c(cc(O)c(O)c3O)C(=O)OC12)c1cc(O)c(O)c(O)c1Oc1cc2c(c(O)c1O)-c1c(cc(O)c(O)c1O)C(=O)OCC1OC(=O)c3cc(O)c(O)c(O)c3-c3c(O)c(O)c(O)c4c3C(=O)OC(C1OC2=O)C1OC(=O)c2c-4c(O)c(O)c(O)c2C1O. The number of rotatable bonds is 4. The zero-order valence-corrected chi connectivity index (χ0v) is 65.2.